The van der Waals surface area contributed by atoms with Gasteiger partial charge in [-0.2, -0.15) is 0 Å². The fourth-order valence-corrected chi connectivity index (χ4v) is 0.864. The van der Waals surface area contributed by atoms with Crippen molar-refractivity contribution in [1.82, 2.24) is 0 Å². The van der Waals surface area contributed by atoms with Crippen molar-refractivity contribution in [2.75, 3.05) is 33.0 Å². The molecular weight excluding hydrogens is 172 g/mol. The van der Waals surface area contributed by atoms with Gasteiger partial charge in [0.15, 0.2) is 0 Å². The normalized spacial score (nSPS) is 13.6. The van der Waals surface area contributed by atoms with Gasteiger partial charge in [0.2, 0.25) is 0 Å². The van der Waals surface area contributed by atoms with Gasteiger partial charge in [0.25, 0.3) is 0 Å². The quantitative estimate of drug-likeness (QED) is 0.490. The van der Waals surface area contributed by atoms with Crippen molar-refractivity contribution in [1.29, 1.82) is 0 Å². The van der Waals surface area contributed by atoms with Gasteiger partial charge < -0.3 is 20.1 Å². The van der Waals surface area contributed by atoms with Crippen LogP contribution in [0.4, 0.5) is 0 Å². The van der Waals surface area contributed by atoms with E-state index in [1.54, 1.807) is 0 Å². The van der Waals surface area contributed by atoms with Gasteiger partial charge in [-0.3, -0.25) is 0 Å². The van der Waals surface area contributed by atoms with Crippen LogP contribution in [0, 0.1) is 11.8 Å². The molecular formula is C9H20O4. The summed E-state index contributed by atoms with van der Waals surface area (Å²) in [5.41, 5.74) is 0. The second-order valence-corrected chi connectivity index (χ2v) is 3.23. The Morgan fingerprint density at radius 3 is 1.77 bits per heavy atom. The summed E-state index contributed by atoms with van der Waals surface area (Å²) in [6, 6.07) is 0. The Kier molecular flexibility index (Phi) is 8.33. The molecule has 80 valence electrons. The van der Waals surface area contributed by atoms with E-state index in [4.69, 9.17) is 20.1 Å². The average Bonchev–Trinajstić information content (AvgIpc) is 2.19. The Labute approximate surface area is 79.2 Å². The van der Waals surface area contributed by atoms with Gasteiger partial charge >= 0.3 is 0 Å². The predicted molar refractivity (Wildman–Crippen MR) is 49.3 cm³/mol. The van der Waals surface area contributed by atoms with E-state index in [1.165, 1.54) is 0 Å². The molecule has 0 rings (SSSR count). The lowest BCUT2D eigenvalue weighted by Crippen LogP contribution is -2.21. The first-order chi connectivity index (χ1) is 6.28. The van der Waals surface area contributed by atoms with Crippen molar-refractivity contribution in [2.45, 2.75) is 13.3 Å². The van der Waals surface area contributed by atoms with Crippen molar-refractivity contribution in [3.63, 3.8) is 0 Å². The lowest BCUT2D eigenvalue weighted by atomic mass is 10.1. The lowest BCUT2D eigenvalue weighted by molar-refractivity contribution is 0.0188. The van der Waals surface area contributed by atoms with E-state index in [-0.39, 0.29) is 31.7 Å². The fourth-order valence-electron chi connectivity index (χ4n) is 0.864. The van der Waals surface area contributed by atoms with Crippen LogP contribution >= 0.6 is 0 Å². The van der Waals surface area contributed by atoms with Crippen LogP contribution in [-0.4, -0.2) is 48.4 Å². The fraction of sp³-hybridized carbons (Fsp3) is 1.00. The third-order valence-electron chi connectivity index (χ3n) is 2.06. The Morgan fingerprint density at radius 1 is 0.923 bits per heavy atom. The molecule has 0 aromatic carbocycles. The molecule has 0 bridgehead atoms. The molecule has 0 saturated carbocycles. The number of aliphatic hydroxyl groups is 3. The monoisotopic (exact) mass is 192 g/mol. The SMILES string of the molecule is CCC(CO)COCC(CO)CO. The second-order valence-electron chi connectivity index (χ2n) is 3.23. The summed E-state index contributed by atoms with van der Waals surface area (Å²) in [7, 11) is 0. The van der Waals surface area contributed by atoms with Gasteiger partial charge in [0, 0.05) is 18.4 Å². The smallest absolute Gasteiger partial charge is 0.0538 e. The van der Waals surface area contributed by atoms with Gasteiger partial charge in [-0.1, -0.05) is 6.92 Å². The number of aliphatic hydroxyl groups excluding tert-OH is 3. The highest BCUT2D eigenvalue weighted by Gasteiger charge is 2.08. The minimum absolute atomic E-state index is 0.0631. The molecule has 0 spiro atoms. The van der Waals surface area contributed by atoms with Crippen LogP contribution in [0.2, 0.25) is 0 Å². The van der Waals surface area contributed by atoms with E-state index >= 15 is 0 Å². The summed E-state index contributed by atoms with van der Waals surface area (Å²) >= 11 is 0. The number of hydrogen-bond acceptors (Lipinski definition) is 4. The van der Waals surface area contributed by atoms with Crippen LogP contribution in [0.5, 0.6) is 0 Å². The molecule has 1 unspecified atom stereocenters. The number of ether oxygens (including phenoxy) is 1. The summed E-state index contributed by atoms with van der Waals surface area (Å²) in [5.74, 6) is -0.0331. The molecule has 0 aliphatic heterocycles. The largest absolute Gasteiger partial charge is 0.396 e. The molecule has 0 aromatic rings. The minimum Gasteiger partial charge on any atom is -0.396 e. The van der Waals surface area contributed by atoms with Crippen LogP contribution in [-0.2, 0) is 4.74 Å². The summed E-state index contributed by atoms with van der Waals surface area (Å²) < 4.78 is 5.24. The van der Waals surface area contributed by atoms with Crippen molar-refractivity contribution in [3.05, 3.63) is 0 Å². The highest BCUT2D eigenvalue weighted by atomic mass is 16.5. The highest BCUT2D eigenvalue weighted by molar-refractivity contribution is 4.56. The molecule has 0 saturated heterocycles. The van der Waals surface area contributed by atoms with Gasteiger partial charge in [-0.15, -0.1) is 0 Å². The molecule has 4 nitrogen and oxygen atoms in total. The number of hydrogen-bond donors (Lipinski definition) is 3. The molecule has 0 aliphatic carbocycles. The molecule has 1 atom stereocenters. The Hall–Kier alpha value is -0.160. The topological polar surface area (TPSA) is 69.9 Å². The van der Waals surface area contributed by atoms with Gasteiger partial charge in [0.1, 0.15) is 0 Å². The van der Waals surface area contributed by atoms with Crippen molar-refractivity contribution >= 4 is 0 Å². The highest BCUT2D eigenvalue weighted by Crippen LogP contribution is 2.03. The maximum Gasteiger partial charge on any atom is 0.0538 e. The van der Waals surface area contributed by atoms with E-state index in [2.05, 4.69) is 0 Å². The van der Waals surface area contributed by atoms with Gasteiger partial charge in [-0.05, 0) is 6.42 Å². The van der Waals surface area contributed by atoms with Gasteiger partial charge in [0.05, 0.1) is 26.4 Å². The van der Waals surface area contributed by atoms with E-state index < -0.39 is 0 Å². The zero-order valence-corrected chi connectivity index (χ0v) is 8.15. The first kappa shape index (κ1) is 12.8. The van der Waals surface area contributed by atoms with Crippen LogP contribution < -0.4 is 0 Å². The maximum atomic E-state index is 8.83. The first-order valence-corrected chi connectivity index (χ1v) is 4.68. The summed E-state index contributed by atoms with van der Waals surface area (Å²) in [5, 5.41) is 26.3. The van der Waals surface area contributed by atoms with Crippen LogP contribution in [0.25, 0.3) is 0 Å². The molecule has 0 aliphatic rings. The van der Waals surface area contributed by atoms with Gasteiger partial charge in [-0.25, -0.2) is 0 Å². The van der Waals surface area contributed by atoms with Crippen LogP contribution in [0.3, 0.4) is 0 Å². The molecule has 0 radical (unpaired) electrons. The molecule has 0 heterocycles. The Bertz CT molecular complexity index is 87.8. The zero-order chi connectivity index (χ0) is 10.1. The standard InChI is InChI=1S/C9H20O4/c1-2-8(3-10)6-13-7-9(4-11)5-12/h8-12H,2-7H2,1H3. The van der Waals surface area contributed by atoms with Crippen LogP contribution in [0.15, 0.2) is 0 Å². The molecule has 0 amide bonds. The summed E-state index contributed by atoms with van der Waals surface area (Å²) in [4.78, 5) is 0. The second kappa shape index (κ2) is 8.44. The molecule has 0 aromatic heterocycles. The number of rotatable bonds is 8. The van der Waals surface area contributed by atoms with E-state index in [0.717, 1.165) is 6.42 Å². The third kappa shape index (κ3) is 5.99. The molecule has 4 heteroatoms. The van der Waals surface area contributed by atoms with Crippen molar-refractivity contribution in [3.8, 4) is 0 Å². The molecule has 3 N–H and O–H groups in total. The average molecular weight is 192 g/mol. The lowest BCUT2D eigenvalue weighted by Gasteiger charge is -2.15. The van der Waals surface area contributed by atoms with E-state index in [9.17, 15) is 0 Å². The predicted octanol–water partition coefficient (Wildman–Crippen LogP) is -0.378. The maximum absolute atomic E-state index is 8.83. The third-order valence-corrected chi connectivity index (χ3v) is 2.06. The Morgan fingerprint density at radius 2 is 1.38 bits per heavy atom. The first-order valence-electron chi connectivity index (χ1n) is 4.68. The van der Waals surface area contributed by atoms with E-state index in [0.29, 0.717) is 13.2 Å². The van der Waals surface area contributed by atoms with Crippen molar-refractivity contribution < 1.29 is 20.1 Å². The molecule has 0 fully saturated rings. The van der Waals surface area contributed by atoms with E-state index in [1.807, 2.05) is 6.92 Å². The minimum atomic E-state index is -0.198. The Balaban J connectivity index is 3.41. The van der Waals surface area contributed by atoms with Crippen molar-refractivity contribution in [2.24, 2.45) is 11.8 Å². The summed E-state index contributed by atoms with van der Waals surface area (Å²) in [6.45, 7) is 2.82. The zero-order valence-electron chi connectivity index (χ0n) is 8.15. The molecule has 13 heavy (non-hydrogen) atoms. The summed E-state index contributed by atoms with van der Waals surface area (Å²) in [6.07, 6.45) is 0.874. The van der Waals surface area contributed by atoms with Crippen LogP contribution in [0.1, 0.15) is 13.3 Å².